The van der Waals surface area contributed by atoms with Crippen LogP contribution in [0.4, 0.5) is 0 Å². The second kappa shape index (κ2) is 3.29. The molecule has 0 heterocycles. The molecule has 0 aromatic heterocycles. The molecule has 0 unspecified atom stereocenters. The standard InChI is InChI=1S/C8H11N/c9-7-3-6-8-4-1-2-5-8/h3,6,8H,1-2,4-5H2/i4D2,5D2. The second-order valence-electron chi connectivity index (χ2n) is 1.87. The quantitative estimate of drug-likeness (QED) is 0.493. The largest absolute Gasteiger partial charge is 0.193 e. The molecule has 0 aliphatic heterocycles. The summed E-state index contributed by atoms with van der Waals surface area (Å²) in [5, 5.41) is 8.29. The Bertz CT molecular complexity index is 248. The van der Waals surface area contributed by atoms with E-state index in [1.54, 1.807) is 6.07 Å². The lowest BCUT2D eigenvalue weighted by Crippen LogP contribution is -1.83. The Labute approximate surface area is 61.6 Å². The Morgan fingerprint density at radius 2 is 2.22 bits per heavy atom. The minimum Gasteiger partial charge on any atom is -0.193 e. The van der Waals surface area contributed by atoms with Crippen LogP contribution in [0.1, 0.15) is 31.1 Å². The van der Waals surface area contributed by atoms with Gasteiger partial charge in [-0.3, -0.25) is 0 Å². The molecule has 1 rings (SSSR count). The molecule has 0 amide bonds. The van der Waals surface area contributed by atoms with Crippen molar-refractivity contribution >= 4 is 0 Å². The number of hydrogen-bond acceptors (Lipinski definition) is 1. The fraction of sp³-hybridized carbons (Fsp3) is 0.625. The Balaban J connectivity index is 2.89. The highest BCUT2D eigenvalue weighted by Crippen LogP contribution is 2.25. The number of rotatable bonds is 1. The van der Waals surface area contributed by atoms with Gasteiger partial charge in [-0.05, 0) is 18.7 Å². The van der Waals surface area contributed by atoms with E-state index in [2.05, 4.69) is 0 Å². The third kappa shape index (κ3) is 1.89. The summed E-state index contributed by atoms with van der Waals surface area (Å²) in [6.45, 7) is 0. The van der Waals surface area contributed by atoms with Gasteiger partial charge in [0.15, 0.2) is 0 Å². The molecule has 1 saturated carbocycles. The van der Waals surface area contributed by atoms with Crippen LogP contribution in [-0.2, 0) is 0 Å². The van der Waals surface area contributed by atoms with E-state index in [1.165, 1.54) is 6.08 Å². The molecule has 1 heteroatoms. The lowest BCUT2D eigenvalue weighted by Gasteiger charge is -1.95. The van der Waals surface area contributed by atoms with E-state index in [9.17, 15) is 0 Å². The summed E-state index contributed by atoms with van der Waals surface area (Å²) in [4.78, 5) is 0. The molecule has 1 aliphatic carbocycles. The van der Waals surface area contributed by atoms with Crippen molar-refractivity contribution in [2.45, 2.75) is 25.6 Å². The Hall–Kier alpha value is -0.770. The van der Waals surface area contributed by atoms with E-state index in [-0.39, 0.29) is 12.8 Å². The molecule has 0 N–H and O–H groups in total. The molecule has 48 valence electrons. The fourth-order valence-electron chi connectivity index (χ4n) is 0.803. The van der Waals surface area contributed by atoms with Crippen LogP contribution in [0.3, 0.4) is 0 Å². The SMILES string of the molecule is [2H]C1([2H])CCC([2H])([2H])C1C=CC#N. The van der Waals surface area contributed by atoms with Crippen molar-refractivity contribution < 1.29 is 5.48 Å². The van der Waals surface area contributed by atoms with Crippen LogP contribution >= 0.6 is 0 Å². The molecule has 1 nitrogen and oxygen atoms in total. The summed E-state index contributed by atoms with van der Waals surface area (Å²) >= 11 is 0. The van der Waals surface area contributed by atoms with Gasteiger partial charge in [0, 0.05) is 11.6 Å². The van der Waals surface area contributed by atoms with Crippen LogP contribution < -0.4 is 0 Å². The first-order chi connectivity index (χ1) is 5.90. The molecule has 0 aromatic carbocycles. The van der Waals surface area contributed by atoms with Gasteiger partial charge in [-0.2, -0.15) is 5.26 Å². The number of nitrogens with zero attached hydrogens (tertiary/aromatic N) is 1. The highest BCUT2D eigenvalue weighted by molar-refractivity contribution is 5.04. The number of allylic oxidation sites excluding steroid dienone is 2. The highest BCUT2D eigenvalue weighted by Gasteiger charge is 2.10. The van der Waals surface area contributed by atoms with Gasteiger partial charge in [-0.1, -0.05) is 18.9 Å². The van der Waals surface area contributed by atoms with Crippen molar-refractivity contribution in [3.8, 4) is 6.07 Å². The van der Waals surface area contributed by atoms with E-state index in [0.29, 0.717) is 0 Å². The summed E-state index contributed by atoms with van der Waals surface area (Å²) in [6, 6.07) is 1.76. The summed E-state index contributed by atoms with van der Waals surface area (Å²) in [5.74, 6) is -0.792. The van der Waals surface area contributed by atoms with Gasteiger partial charge >= 0.3 is 0 Å². The lowest BCUT2D eigenvalue weighted by atomic mass is 10.1. The summed E-state index contributed by atoms with van der Waals surface area (Å²) < 4.78 is 30.2. The third-order valence-corrected chi connectivity index (χ3v) is 1.22. The van der Waals surface area contributed by atoms with Crippen molar-refractivity contribution in [2.24, 2.45) is 5.92 Å². The van der Waals surface area contributed by atoms with Crippen molar-refractivity contribution in [2.75, 3.05) is 0 Å². The van der Waals surface area contributed by atoms with Gasteiger partial charge in [0.25, 0.3) is 0 Å². The number of nitriles is 1. The van der Waals surface area contributed by atoms with Gasteiger partial charge in [-0.15, -0.1) is 0 Å². The Kier molecular flexibility index (Phi) is 1.05. The van der Waals surface area contributed by atoms with E-state index < -0.39 is 18.7 Å². The second-order valence-corrected chi connectivity index (χ2v) is 1.87. The normalized spacial score (nSPS) is 38.6. The highest BCUT2D eigenvalue weighted by atomic mass is 14.2. The first kappa shape index (κ1) is 2.88. The predicted octanol–water partition coefficient (Wildman–Crippen LogP) is 2.26. The molecule has 0 saturated heterocycles. The summed E-state index contributed by atoms with van der Waals surface area (Å²) in [5.41, 5.74) is 0. The summed E-state index contributed by atoms with van der Waals surface area (Å²) in [6.07, 6.45) is -0.0901. The van der Waals surface area contributed by atoms with Crippen molar-refractivity contribution in [1.29, 1.82) is 5.26 Å². The molecule has 9 heavy (non-hydrogen) atoms. The maximum atomic E-state index is 8.29. The zero-order valence-corrected chi connectivity index (χ0v) is 5.09. The first-order valence-corrected chi connectivity index (χ1v) is 2.96. The minimum absolute atomic E-state index is 0.223. The topological polar surface area (TPSA) is 23.8 Å². The average molecular weight is 125 g/mol. The van der Waals surface area contributed by atoms with E-state index >= 15 is 0 Å². The Morgan fingerprint density at radius 3 is 2.78 bits per heavy atom. The monoisotopic (exact) mass is 125 g/mol. The third-order valence-electron chi connectivity index (χ3n) is 1.22. The molecule has 0 atom stereocenters. The molecular weight excluding hydrogens is 110 g/mol. The van der Waals surface area contributed by atoms with Crippen LogP contribution in [0.15, 0.2) is 12.2 Å². The Morgan fingerprint density at radius 1 is 1.56 bits per heavy atom. The van der Waals surface area contributed by atoms with E-state index in [0.717, 1.165) is 6.08 Å². The number of hydrogen-bond donors (Lipinski definition) is 0. The molecule has 0 radical (unpaired) electrons. The molecular formula is C8H11N. The maximum absolute atomic E-state index is 8.29. The lowest BCUT2D eigenvalue weighted by molar-refractivity contribution is 0.686. The summed E-state index contributed by atoms with van der Waals surface area (Å²) in [7, 11) is 0. The van der Waals surface area contributed by atoms with Crippen LogP contribution in [0, 0.1) is 17.2 Å². The molecule has 0 spiro atoms. The van der Waals surface area contributed by atoms with Gasteiger partial charge in [0.1, 0.15) is 0 Å². The van der Waals surface area contributed by atoms with Crippen molar-refractivity contribution in [3.63, 3.8) is 0 Å². The van der Waals surface area contributed by atoms with Crippen LogP contribution in [0.25, 0.3) is 0 Å². The van der Waals surface area contributed by atoms with Crippen LogP contribution in [0.2, 0.25) is 0 Å². The van der Waals surface area contributed by atoms with Gasteiger partial charge in [0.05, 0.1) is 6.07 Å². The molecule has 0 bridgehead atoms. The van der Waals surface area contributed by atoms with Crippen molar-refractivity contribution in [1.82, 2.24) is 0 Å². The molecule has 0 aromatic rings. The van der Waals surface area contributed by atoms with Gasteiger partial charge in [0.2, 0.25) is 0 Å². The van der Waals surface area contributed by atoms with E-state index in [1.807, 2.05) is 0 Å². The minimum atomic E-state index is -1.52. The van der Waals surface area contributed by atoms with Crippen LogP contribution in [-0.4, -0.2) is 0 Å². The molecule has 1 fully saturated rings. The average Bonchev–Trinajstić information content (AvgIpc) is 2.20. The van der Waals surface area contributed by atoms with Gasteiger partial charge in [-0.25, -0.2) is 0 Å². The zero-order valence-electron chi connectivity index (χ0n) is 9.09. The van der Waals surface area contributed by atoms with Gasteiger partial charge < -0.3 is 0 Å². The smallest absolute Gasteiger partial charge is 0.0908 e. The maximum Gasteiger partial charge on any atom is 0.0908 e. The van der Waals surface area contributed by atoms with Crippen LogP contribution in [0.5, 0.6) is 0 Å². The molecule has 1 aliphatic rings. The first-order valence-electron chi connectivity index (χ1n) is 4.96. The van der Waals surface area contributed by atoms with Crippen molar-refractivity contribution in [3.05, 3.63) is 12.2 Å². The predicted molar refractivity (Wildman–Crippen MR) is 36.7 cm³/mol. The fourth-order valence-corrected chi connectivity index (χ4v) is 0.803. The van der Waals surface area contributed by atoms with E-state index in [4.69, 9.17) is 10.7 Å². The zero-order chi connectivity index (χ0) is 10.1.